The van der Waals surface area contributed by atoms with Gasteiger partial charge < -0.3 is 10.2 Å². The fraction of sp³-hybridized carbons (Fsp3) is 0.364. The highest BCUT2D eigenvalue weighted by atomic mass is 35.5. The van der Waals surface area contributed by atoms with Crippen LogP contribution in [0, 0.1) is 0 Å². The SMILES string of the molecule is O=C(CN1CCN(C(=O)C2(c3ccccc3)CC2)CC1)Nc1ccccc1Cl. The third-order valence-corrected chi connectivity index (χ3v) is 5.99. The molecular weight excluding hydrogens is 374 g/mol. The number of para-hydroxylation sites is 1. The van der Waals surface area contributed by atoms with Crippen LogP contribution >= 0.6 is 11.6 Å². The zero-order valence-electron chi connectivity index (χ0n) is 15.7. The van der Waals surface area contributed by atoms with E-state index >= 15 is 0 Å². The van der Waals surface area contributed by atoms with Gasteiger partial charge in [0.2, 0.25) is 11.8 Å². The van der Waals surface area contributed by atoms with Crippen LogP contribution in [0.3, 0.4) is 0 Å². The Morgan fingerprint density at radius 3 is 2.21 bits per heavy atom. The average Bonchev–Trinajstić information content (AvgIpc) is 3.52. The predicted molar refractivity (Wildman–Crippen MR) is 110 cm³/mol. The molecule has 28 heavy (non-hydrogen) atoms. The van der Waals surface area contributed by atoms with Crippen LogP contribution in [-0.2, 0) is 15.0 Å². The molecule has 1 aliphatic heterocycles. The number of rotatable bonds is 5. The molecule has 2 aromatic carbocycles. The molecule has 6 heteroatoms. The van der Waals surface area contributed by atoms with Gasteiger partial charge in [-0.15, -0.1) is 0 Å². The standard InChI is InChI=1S/C22H24ClN3O2/c23-18-8-4-5-9-19(18)24-20(27)16-25-12-14-26(15-13-25)21(28)22(10-11-22)17-6-2-1-3-7-17/h1-9H,10-16H2,(H,24,27). The summed E-state index contributed by atoms with van der Waals surface area (Å²) in [5.41, 5.74) is 1.44. The molecule has 0 atom stereocenters. The molecule has 146 valence electrons. The molecule has 4 rings (SSSR count). The Bertz CT molecular complexity index is 859. The number of hydrogen-bond acceptors (Lipinski definition) is 3. The van der Waals surface area contributed by atoms with Crippen LogP contribution in [0.25, 0.3) is 0 Å². The van der Waals surface area contributed by atoms with E-state index in [2.05, 4.69) is 22.3 Å². The second kappa shape index (κ2) is 7.94. The Hall–Kier alpha value is -2.37. The molecule has 0 unspecified atom stereocenters. The molecule has 0 spiro atoms. The summed E-state index contributed by atoms with van der Waals surface area (Å²) < 4.78 is 0. The van der Waals surface area contributed by atoms with E-state index in [0.717, 1.165) is 18.4 Å². The molecule has 1 aliphatic carbocycles. The van der Waals surface area contributed by atoms with Gasteiger partial charge in [0, 0.05) is 26.2 Å². The Morgan fingerprint density at radius 2 is 1.57 bits per heavy atom. The smallest absolute Gasteiger partial charge is 0.238 e. The number of hydrogen-bond donors (Lipinski definition) is 1. The second-order valence-electron chi connectivity index (χ2n) is 7.54. The van der Waals surface area contributed by atoms with Gasteiger partial charge in [-0.3, -0.25) is 14.5 Å². The first kappa shape index (κ1) is 19.0. The Morgan fingerprint density at radius 1 is 0.929 bits per heavy atom. The topological polar surface area (TPSA) is 52.7 Å². The van der Waals surface area contributed by atoms with E-state index in [1.54, 1.807) is 12.1 Å². The van der Waals surface area contributed by atoms with Crippen molar-refractivity contribution >= 4 is 29.1 Å². The van der Waals surface area contributed by atoms with Gasteiger partial charge in [0.25, 0.3) is 0 Å². The molecule has 2 aliphatic rings. The normalized spacial score (nSPS) is 18.5. The van der Waals surface area contributed by atoms with Crippen LogP contribution in [0.15, 0.2) is 54.6 Å². The third kappa shape index (κ3) is 3.91. The molecule has 0 radical (unpaired) electrons. The largest absolute Gasteiger partial charge is 0.339 e. The summed E-state index contributed by atoms with van der Waals surface area (Å²) in [6.45, 7) is 3.02. The quantitative estimate of drug-likeness (QED) is 0.843. The first-order valence-electron chi connectivity index (χ1n) is 9.70. The number of halogens is 1. The predicted octanol–water partition coefficient (Wildman–Crippen LogP) is 3.15. The van der Waals surface area contributed by atoms with E-state index in [0.29, 0.717) is 43.4 Å². The summed E-state index contributed by atoms with van der Waals surface area (Å²) in [6, 6.07) is 17.3. The van der Waals surface area contributed by atoms with Crippen molar-refractivity contribution in [1.82, 2.24) is 9.80 Å². The Kier molecular flexibility index (Phi) is 5.38. The van der Waals surface area contributed by atoms with E-state index in [4.69, 9.17) is 11.6 Å². The number of nitrogens with zero attached hydrogens (tertiary/aromatic N) is 2. The van der Waals surface area contributed by atoms with Crippen molar-refractivity contribution in [2.24, 2.45) is 0 Å². The maximum absolute atomic E-state index is 13.1. The van der Waals surface area contributed by atoms with Crippen LogP contribution in [0.2, 0.25) is 5.02 Å². The molecule has 1 saturated carbocycles. The van der Waals surface area contributed by atoms with E-state index in [-0.39, 0.29) is 17.2 Å². The van der Waals surface area contributed by atoms with Crippen molar-refractivity contribution in [3.8, 4) is 0 Å². The monoisotopic (exact) mass is 397 g/mol. The lowest BCUT2D eigenvalue weighted by atomic mass is 9.94. The van der Waals surface area contributed by atoms with Crippen LogP contribution in [0.5, 0.6) is 0 Å². The minimum absolute atomic E-state index is 0.0872. The molecule has 0 aromatic heterocycles. The summed E-state index contributed by atoms with van der Waals surface area (Å²) in [4.78, 5) is 29.5. The number of benzene rings is 2. The second-order valence-corrected chi connectivity index (χ2v) is 7.95. The van der Waals surface area contributed by atoms with E-state index in [1.165, 1.54) is 0 Å². The van der Waals surface area contributed by atoms with Gasteiger partial charge in [0.15, 0.2) is 0 Å². The number of nitrogens with one attached hydrogen (secondary N) is 1. The molecule has 1 heterocycles. The van der Waals surface area contributed by atoms with Gasteiger partial charge >= 0.3 is 0 Å². The lowest BCUT2D eigenvalue weighted by molar-refractivity contribution is -0.135. The van der Waals surface area contributed by atoms with Crippen LogP contribution < -0.4 is 5.32 Å². The molecule has 1 saturated heterocycles. The number of anilines is 1. The van der Waals surface area contributed by atoms with E-state index in [1.807, 2.05) is 35.2 Å². The van der Waals surface area contributed by atoms with E-state index < -0.39 is 0 Å². The van der Waals surface area contributed by atoms with Gasteiger partial charge in [-0.05, 0) is 30.5 Å². The molecule has 2 aromatic rings. The highest BCUT2D eigenvalue weighted by Crippen LogP contribution is 2.49. The third-order valence-electron chi connectivity index (χ3n) is 5.66. The molecule has 0 bridgehead atoms. The van der Waals surface area contributed by atoms with Gasteiger partial charge in [0.05, 0.1) is 22.7 Å². The maximum Gasteiger partial charge on any atom is 0.238 e. The summed E-state index contributed by atoms with van der Waals surface area (Å²) in [5.74, 6) is 0.148. The number of amides is 2. The minimum Gasteiger partial charge on any atom is -0.339 e. The Balaban J connectivity index is 1.30. The first-order valence-corrected chi connectivity index (χ1v) is 10.1. The number of piperazine rings is 1. The summed E-state index contributed by atoms with van der Waals surface area (Å²) in [5, 5.41) is 3.38. The molecule has 2 amide bonds. The van der Waals surface area contributed by atoms with Gasteiger partial charge in [-0.2, -0.15) is 0 Å². The molecule has 1 N–H and O–H groups in total. The van der Waals surface area contributed by atoms with Gasteiger partial charge in [-0.1, -0.05) is 54.1 Å². The zero-order valence-corrected chi connectivity index (χ0v) is 16.5. The van der Waals surface area contributed by atoms with Crippen LogP contribution in [0.4, 0.5) is 5.69 Å². The lowest BCUT2D eigenvalue weighted by Crippen LogP contribution is -2.52. The minimum atomic E-state index is -0.315. The molecule has 2 fully saturated rings. The maximum atomic E-state index is 13.1. The summed E-state index contributed by atoms with van der Waals surface area (Å²) >= 11 is 6.09. The lowest BCUT2D eigenvalue weighted by Gasteiger charge is -2.36. The molecule has 5 nitrogen and oxygen atoms in total. The summed E-state index contributed by atoms with van der Waals surface area (Å²) in [7, 11) is 0. The highest BCUT2D eigenvalue weighted by Gasteiger charge is 2.53. The van der Waals surface area contributed by atoms with Crippen molar-refractivity contribution in [2.75, 3.05) is 38.0 Å². The van der Waals surface area contributed by atoms with Crippen molar-refractivity contribution < 1.29 is 9.59 Å². The van der Waals surface area contributed by atoms with Crippen molar-refractivity contribution in [3.63, 3.8) is 0 Å². The first-order chi connectivity index (χ1) is 13.6. The highest BCUT2D eigenvalue weighted by molar-refractivity contribution is 6.33. The van der Waals surface area contributed by atoms with Gasteiger partial charge in [0.1, 0.15) is 0 Å². The number of carbonyl (C=O) groups is 2. The van der Waals surface area contributed by atoms with Gasteiger partial charge in [-0.25, -0.2) is 0 Å². The van der Waals surface area contributed by atoms with Crippen LogP contribution in [-0.4, -0.2) is 54.3 Å². The van der Waals surface area contributed by atoms with Crippen molar-refractivity contribution in [1.29, 1.82) is 0 Å². The molecular formula is C22H24ClN3O2. The van der Waals surface area contributed by atoms with E-state index in [9.17, 15) is 9.59 Å². The van der Waals surface area contributed by atoms with Crippen molar-refractivity contribution in [2.45, 2.75) is 18.3 Å². The fourth-order valence-corrected chi connectivity index (χ4v) is 4.06. The number of carbonyl (C=O) groups excluding carboxylic acids is 2. The van der Waals surface area contributed by atoms with Crippen molar-refractivity contribution in [3.05, 3.63) is 65.2 Å². The summed E-state index contributed by atoms with van der Waals surface area (Å²) in [6.07, 6.45) is 1.85. The Labute approximate surface area is 170 Å². The zero-order chi connectivity index (χ0) is 19.6. The fourth-order valence-electron chi connectivity index (χ4n) is 3.88. The average molecular weight is 398 g/mol. The van der Waals surface area contributed by atoms with Crippen LogP contribution in [0.1, 0.15) is 18.4 Å².